The van der Waals surface area contributed by atoms with E-state index >= 15 is 0 Å². The molecule has 0 spiro atoms. The van der Waals surface area contributed by atoms with Crippen LogP contribution in [0.5, 0.6) is 0 Å². The second-order valence-electron chi connectivity index (χ2n) is 9.47. The van der Waals surface area contributed by atoms with E-state index in [0.717, 1.165) is 55.3 Å². The summed E-state index contributed by atoms with van der Waals surface area (Å²) in [6, 6.07) is 12.4. The summed E-state index contributed by atoms with van der Waals surface area (Å²) >= 11 is 0. The maximum absolute atomic E-state index is 13.5. The number of hydrogen-bond donors (Lipinski definition) is 1. The van der Waals surface area contributed by atoms with E-state index in [2.05, 4.69) is 22.4 Å². The van der Waals surface area contributed by atoms with Crippen molar-refractivity contribution in [3.63, 3.8) is 0 Å². The van der Waals surface area contributed by atoms with Crippen LogP contribution in [0.3, 0.4) is 0 Å². The van der Waals surface area contributed by atoms with Crippen molar-refractivity contribution in [2.24, 2.45) is 11.3 Å². The summed E-state index contributed by atoms with van der Waals surface area (Å²) in [6.45, 7) is 5.26. The number of likely N-dealkylation sites (tertiary alicyclic amines) is 1. The van der Waals surface area contributed by atoms with Crippen molar-refractivity contribution in [1.29, 1.82) is 0 Å². The van der Waals surface area contributed by atoms with Gasteiger partial charge in [0.1, 0.15) is 0 Å². The molecule has 1 aliphatic heterocycles. The van der Waals surface area contributed by atoms with Crippen molar-refractivity contribution in [3.8, 4) is 11.1 Å². The van der Waals surface area contributed by atoms with E-state index in [9.17, 15) is 9.59 Å². The first kappa shape index (κ1) is 21.5. The number of nitrogens with zero attached hydrogens (tertiary/aromatic N) is 2. The highest BCUT2D eigenvalue weighted by Gasteiger charge is 2.45. The standard InChI is InChI=1S/C26H33N3O2/c1-19(2)28-25(31)26(13-6-16-29(18-26)24(30)21-8-5-9-21)17-22-7-3-4-10-23(22)20-11-14-27-15-12-20/h3-4,7,10-12,14-15,19,21H,5-6,8-9,13,16-18H2,1-2H3,(H,28,31)/t26-/m1/s1. The number of amides is 2. The molecule has 4 rings (SSSR count). The largest absolute Gasteiger partial charge is 0.353 e. The Bertz CT molecular complexity index is 923. The molecule has 0 unspecified atom stereocenters. The van der Waals surface area contributed by atoms with Gasteiger partial charge in [-0.2, -0.15) is 0 Å². The fourth-order valence-electron chi connectivity index (χ4n) is 4.91. The fourth-order valence-corrected chi connectivity index (χ4v) is 4.91. The summed E-state index contributed by atoms with van der Waals surface area (Å²) in [4.78, 5) is 32.7. The minimum Gasteiger partial charge on any atom is -0.353 e. The molecule has 2 heterocycles. The Morgan fingerprint density at radius 2 is 1.87 bits per heavy atom. The van der Waals surface area contributed by atoms with Gasteiger partial charge in [0.05, 0.1) is 5.41 Å². The van der Waals surface area contributed by atoms with E-state index in [4.69, 9.17) is 0 Å². The molecule has 1 N–H and O–H groups in total. The molecule has 1 saturated carbocycles. The van der Waals surface area contributed by atoms with Gasteiger partial charge in [0.25, 0.3) is 0 Å². The summed E-state index contributed by atoms with van der Waals surface area (Å²) in [7, 11) is 0. The number of piperidine rings is 1. The molecule has 2 fully saturated rings. The third-order valence-electron chi connectivity index (χ3n) is 6.78. The molecule has 1 aromatic heterocycles. The fraction of sp³-hybridized carbons (Fsp3) is 0.500. The van der Waals surface area contributed by atoms with E-state index < -0.39 is 5.41 Å². The van der Waals surface area contributed by atoms with Crippen LogP contribution in [0, 0.1) is 11.3 Å². The minimum atomic E-state index is -0.606. The lowest BCUT2D eigenvalue weighted by atomic mass is 9.72. The predicted octanol–water partition coefficient (Wildman–Crippen LogP) is 4.22. The van der Waals surface area contributed by atoms with Gasteiger partial charge in [-0.15, -0.1) is 0 Å². The maximum atomic E-state index is 13.5. The van der Waals surface area contributed by atoms with Crippen LogP contribution in [-0.2, 0) is 16.0 Å². The normalized spacial score (nSPS) is 21.6. The van der Waals surface area contributed by atoms with Crippen molar-refractivity contribution >= 4 is 11.8 Å². The highest BCUT2D eigenvalue weighted by Crippen LogP contribution is 2.39. The molecule has 5 heteroatoms. The monoisotopic (exact) mass is 419 g/mol. The third-order valence-corrected chi connectivity index (χ3v) is 6.78. The molecule has 0 radical (unpaired) electrons. The van der Waals surface area contributed by atoms with Crippen LogP contribution in [0.4, 0.5) is 0 Å². The Morgan fingerprint density at radius 3 is 2.55 bits per heavy atom. The number of carbonyl (C=O) groups excluding carboxylic acids is 2. The first-order valence-electron chi connectivity index (χ1n) is 11.6. The van der Waals surface area contributed by atoms with Gasteiger partial charge < -0.3 is 10.2 Å². The molecule has 5 nitrogen and oxygen atoms in total. The van der Waals surface area contributed by atoms with Crippen molar-refractivity contribution in [2.75, 3.05) is 13.1 Å². The molecule has 2 amide bonds. The molecule has 164 valence electrons. The maximum Gasteiger partial charge on any atom is 0.228 e. The van der Waals surface area contributed by atoms with Crippen molar-refractivity contribution in [2.45, 2.75) is 58.4 Å². The predicted molar refractivity (Wildman–Crippen MR) is 122 cm³/mol. The molecular formula is C26H33N3O2. The van der Waals surface area contributed by atoms with Crippen LogP contribution in [0.25, 0.3) is 11.1 Å². The molecule has 2 aliphatic rings. The summed E-state index contributed by atoms with van der Waals surface area (Å²) in [5.41, 5.74) is 2.77. The van der Waals surface area contributed by atoms with Crippen LogP contribution in [0.15, 0.2) is 48.8 Å². The zero-order valence-corrected chi connectivity index (χ0v) is 18.6. The number of rotatable bonds is 6. The zero-order chi connectivity index (χ0) is 21.8. The molecular weight excluding hydrogens is 386 g/mol. The average molecular weight is 420 g/mol. The van der Waals surface area contributed by atoms with Crippen LogP contribution >= 0.6 is 0 Å². The first-order valence-corrected chi connectivity index (χ1v) is 11.6. The quantitative estimate of drug-likeness (QED) is 0.762. The van der Waals surface area contributed by atoms with Crippen molar-refractivity contribution in [1.82, 2.24) is 15.2 Å². The smallest absolute Gasteiger partial charge is 0.228 e. The van der Waals surface area contributed by atoms with Crippen LogP contribution < -0.4 is 5.32 Å². The van der Waals surface area contributed by atoms with Gasteiger partial charge in [0.15, 0.2) is 0 Å². The number of aromatic nitrogens is 1. The molecule has 2 aromatic rings. The Hall–Kier alpha value is -2.69. The van der Waals surface area contributed by atoms with Gasteiger partial charge in [-0.1, -0.05) is 30.7 Å². The van der Waals surface area contributed by atoms with E-state index in [-0.39, 0.29) is 23.8 Å². The van der Waals surface area contributed by atoms with Gasteiger partial charge in [-0.25, -0.2) is 0 Å². The van der Waals surface area contributed by atoms with Gasteiger partial charge in [-0.05, 0) is 74.8 Å². The summed E-state index contributed by atoms with van der Waals surface area (Å²) in [6.07, 6.45) is 9.00. The summed E-state index contributed by atoms with van der Waals surface area (Å²) in [5.74, 6) is 0.473. The van der Waals surface area contributed by atoms with Crippen LogP contribution in [0.2, 0.25) is 0 Å². The Labute approximate surface area is 185 Å². The summed E-state index contributed by atoms with van der Waals surface area (Å²) in [5, 5.41) is 3.16. The van der Waals surface area contributed by atoms with Crippen LogP contribution in [0.1, 0.15) is 51.5 Å². The second-order valence-corrected chi connectivity index (χ2v) is 9.47. The first-order chi connectivity index (χ1) is 15.0. The molecule has 1 saturated heterocycles. The molecule has 1 aromatic carbocycles. The minimum absolute atomic E-state index is 0.0672. The molecule has 31 heavy (non-hydrogen) atoms. The Morgan fingerprint density at radius 1 is 1.13 bits per heavy atom. The topological polar surface area (TPSA) is 62.3 Å². The van der Waals surface area contributed by atoms with Crippen molar-refractivity contribution < 1.29 is 9.59 Å². The van der Waals surface area contributed by atoms with Gasteiger partial charge >= 0.3 is 0 Å². The van der Waals surface area contributed by atoms with Gasteiger partial charge in [0.2, 0.25) is 11.8 Å². The summed E-state index contributed by atoms with van der Waals surface area (Å²) < 4.78 is 0. The number of pyridine rings is 1. The van der Waals surface area contributed by atoms with E-state index in [1.54, 1.807) is 12.4 Å². The van der Waals surface area contributed by atoms with E-state index in [0.29, 0.717) is 13.0 Å². The molecule has 0 bridgehead atoms. The lowest BCUT2D eigenvalue weighted by Crippen LogP contribution is -2.56. The Kier molecular flexibility index (Phi) is 6.40. The zero-order valence-electron chi connectivity index (χ0n) is 18.6. The van der Waals surface area contributed by atoms with Gasteiger partial charge in [-0.3, -0.25) is 14.6 Å². The van der Waals surface area contributed by atoms with Crippen LogP contribution in [-0.4, -0.2) is 40.8 Å². The third kappa shape index (κ3) is 4.65. The lowest BCUT2D eigenvalue weighted by Gasteiger charge is -2.44. The van der Waals surface area contributed by atoms with Crippen molar-refractivity contribution in [3.05, 3.63) is 54.4 Å². The lowest BCUT2D eigenvalue weighted by molar-refractivity contribution is -0.146. The highest BCUT2D eigenvalue weighted by molar-refractivity contribution is 5.86. The average Bonchev–Trinajstić information content (AvgIpc) is 2.73. The number of carbonyl (C=O) groups is 2. The molecule has 1 aliphatic carbocycles. The number of benzene rings is 1. The van der Waals surface area contributed by atoms with E-state index in [1.807, 2.05) is 43.0 Å². The molecule has 1 atom stereocenters. The Balaban J connectivity index is 1.66. The SMILES string of the molecule is CC(C)NC(=O)[C@@]1(Cc2ccccc2-c2ccncc2)CCCN(C(=O)C2CCC2)C1. The van der Waals surface area contributed by atoms with E-state index in [1.165, 1.54) is 0 Å². The second kappa shape index (κ2) is 9.21. The van der Waals surface area contributed by atoms with Gasteiger partial charge in [0, 0.05) is 37.4 Å². The number of hydrogen-bond acceptors (Lipinski definition) is 3. The number of nitrogens with one attached hydrogen (secondary N) is 1. The highest BCUT2D eigenvalue weighted by atomic mass is 16.2.